The van der Waals surface area contributed by atoms with Crippen molar-refractivity contribution in [3.8, 4) is 0 Å². The molecule has 0 aromatic heterocycles. The fraction of sp³-hybridized carbons (Fsp3) is 0.733. The van der Waals surface area contributed by atoms with Crippen molar-refractivity contribution in [1.82, 2.24) is 0 Å². The average molecular weight is 1410 g/mol. The van der Waals surface area contributed by atoms with Crippen molar-refractivity contribution in [3.05, 3.63) is 134 Å². The van der Waals surface area contributed by atoms with E-state index in [1.54, 1.807) is 0 Å². The molecule has 10 heteroatoms. The summed E-state index contributed by atoms with van der Waals surface area (Å²) in [5.41, 5.74) is 0. The molecule has 0 aromatic carbocycles. The van der Waals surface area contributed by atoms with Gasteiger partial charge in [0.05, 0.1) is 27.7 Å². The first-order valence-corrected chi connectivity index (χ1v) is 43.4. The summed E-state index contributed by atoms with van der Waals surface area (Å²) < 4.78 is 34.4. The number of phosphoric acid groups is 1. The van der Waals surface area contributed by atoms with Crippen molar-refractivity contribution in [2.24, 2.45) is 0 Å². The van der Waals surface area contributed by atoms with Crippen LogP contribution in [0.15, 0.2) is 134 Å². The second kappa shape index (κ2) is 79.3. The number of carbonyl (C=O) groups excluding carboxylic acids is 2. The Morgan fingerprint density at radius 2 is 0.570 bits per heavy atom. The van der Waals surface area contributed by atoms with E-state index in [9.17, 15) is 19.0 Å². The molecule has 0 aliphatic rings. The van der Waals surface area contributed by atoms with Gasteiger partial charge in [0, 0.05) is 12.8 Å². The monoisotopic (exact) mass is 1410 g/mol. The van der Waals surface area contributed by atoms with Crippen LogP contribution in [0.25, 0.3) is 0 Å². The minimum atomic E-state index is -4.66. The molecule has 0 rings (SSSR count). The zero-order chi connectivity index (χ0) is 72.5. The van der Waals surface area contributed by atoms with Gasteiger partial charge in [-0.15, -0.1) is 0 Å². The van der Waals surface area contributed by atoms with Gasteiger partial charge in [-0.1, -0.05) is 379 Å². The van der Waals surface area contributed by atoms with Gasteiger partial charge in [0.2, 0.25) is 0 Å². The summed E-state index contributed by atoms with van der Waals surface area (Å²) >= 11 is 0. The van der Waals surface area contributed by atoms with E-state index in [-0.39, 0.29) is 32.0 Å². The Labute approximate surface area is 619 Å². The van der Waals surface area contributed by atoms with E-state index in [1.165, 1.54) is 231 Å². The third-order valence-corrected chi connectivity index (χ3v) is 19.1. The Bertz CT molecular complexity index is 2160. The fourth-order valence-corrected chi connectivity index (χ4v) is 12.5. The highest BCUT2D eigenvalue weighted by molar-refractivity contribution is 7.45. The smallest absolute Gasteiger partial charge is 0.306 e. The summed E-state index contributed by atoms with van der Waals surface area (Å²) in [4.78, 5) is 38.2. The third-order valence-electron chi connectivity index (χ3n) is 18.2. The highest BCUT2D eigenvalue weighted by Crippen LogP contribution is 2.38. The number of rotatable bonds is 77. The predicted molar refractivity (Wildman–Crippen MR) is 434 cm³/mol. The lowest BCUT2D eigenvalue weighted by Gasteiger charge is -2.28. The van der Waals surface area contributed by atoms with Gasteiger partial charge in [-0.05, 0) is 116 Å². The fourth-order valence-electron chi connectivity index (χ4n) is 11.8. The molecule has 0 heterocycles. The number of esters is 2. The first-order valence-electron chi connectivity index (χ1n) is 41.9. The van der Waals surface area contributed by atoms with Gasteiger partial charge in [-0.3, -0.25) is 14.2 Å². The number of allylic oxidation sites excluding steroid dienone is 22. The van der Waals surface area contributed by atoms with Gasteiger partial charge >= 0.3 is 11.9 Å². The Morgan fingerprint density at radius 3 is 0.860 bits per heavy atom. The van der Waals surface area contributed by atoms with Gasteiger partial charge in [0.25, 0.3) is 7.82 Å². The number of nitrogens with zero attached hydrogens (tertiary/aromatic N) is 1. The molecule has 2 unspecified atom stereocenters. The normalized spacial score (nSPS) is 13.7. The van der Waals surface area contributed by atoms with Crippen molar-refractivity contribution in [2.75, 3.05) is 47.5 Å². The number of hydrogen-bond donors (Lipinski definition) is 0. The minimum Gasteiger partial charge on any atom is -0.756 e. The topological polar surface area (TPSA) is 111 Å². The number of carbonyl (C=O) groups is 2. The lowest BCUT2D eigenvalue weighted by Crippen LogP contribution is -2.37. The van der Waals surface area contributed by atoms with Gasteiger partial charge in [0.15, 0.2) is 6.10 Å². The molecule has 9 nitrogen and oxygen atoms in total. The van der Waals surface area contributed by atoms with E-state index < -0.39 is 26.5 Å². The van der Waals surface area contributed by atoms with Crippen molar-refractivity contribution < 1.29 is 42.1 Å². The third kappa shape index (κ3) is 83.1. The van der Waals surface area contributed by atoms with E-state index in [0.717, 1.165) is 109 Å². The molecule has 0 aliphatic carbocycles. The van der Waals surface area contributed by atoms with Crippen LogP contribution >= 0.6 is 7.82 Å². The van der Waals surface area contributed by atoms with Crippen LogP contribution in [0.5, 0.6) is 0 Å². The maximum Gasteiger partial charge on any atom is 0.306 e. The molecule has 0 aromatic rings. The van der Waals surface area contributed by atoms with E-state index in [2.05, 4.69) is 148 Å². The van der Waals surface area contributed by atoms with Gasteiger partial charge in [-0.25, -0.2) is 0 Å². The molecule has 0 bridgehead atoms. The van der Waals surface area contributed by atoms with E-state index in [1.807, 2.05) is 21.1 Å². The van der Waals surface area contributed by atoms with Crippen LogP contribution in [0.3, 0.4) is 0 Å². The van der Waals surface area contributed by atoms with Gasteiger partial charge in [0.1, 0.15) is 19.8 Å². The quantitative estimate of drug-likeness (QED) is 0.0195. The molecule has 0 radical (unpaired) electrons. The standard InChI is InChI=1S/C90H158NO8P/c1-6-8-10-12-14-16-18-20-22-24-26-28-30-32-34-36-38-40-42-44-45-47-49-51-53-55-57-59-61-63-65-67-69-71-73-75-77-79-81-83-90(93)99-88(87-98-100(94,95)97-85-84-91(3,4)5)86-96-89(92)82-80-78-76-74-72-70-68-66-64-62-60-58-56-54-52-50-48-46-43-41-39-37-35-33-31-29-27-25-23-21-19-17-15-13-11-9-7-2/h8,10,14,16,20,22,25-28,32,34,38,40,44-45,49,51,55,57,61,63,88H,6-7,9,11-13,15,17-19,21,23-24,29-31,33,35-37,39,41-43,46-48,50,52-54,56,58-60,62,64-87H2,1-5H3/b10-8-,16-14-,22-20-,27-25-,28-26-,34-32-,40-38-,45-44-,51-49-,57-55-,63-61-. The molecule has 0 amide bonds. The summed E-state index contributed by atoms with van der Waals surface area (Å²) in [7, 11) is 1.16. The number of quaternary nitrogens is 1. The number of unbranched alkanes of at least 4 members (excludes halogenated alkanes) is 41. The summed E-state index contributed by atoms with van der Waals surface area (Å²) in [6.07, 6.45) is 116. The predicted octanol–water partition coefficient (Wildman–Crippen LogP) is 27.7. The lowest BCUT2D eigenvalue weighted by molar-refractivity contribution is -0.870. The maximum atomic E-state index is 12.9. The Kier molecular flexibility index (Phi) is 76.2. The van der Waals surface area contributed by atoms with Gasteiger partial charge in [-0.2, -0.15) is 0 Å². The largest absolute Gasteiger partial charge is 0.756 e. The summed E-state index contributed by atoms with van der Waals surface area (Å²) in [5, 5.41) is 0. The van der Waals surface area contributed by atoms with Crippen LogP contribution in [-0.4, -0.2) is 70.0 Å². The van der Waals surface area contributed by atoms with Crippen molar-refractivity contribution in [1.29, 1.82) is 0 Å². The summed E-state index contributed by atoms with van der Waals surface area (Å²) in [6.45, 7) is 4.15. The Morgan fingerprint density at radius 1 is 0.320 bits per heavy atom. The molecule has 0 saturated carbocycles. The number of hydrogen-bond acceptors (Lipinski definition) is 8. The second-order valence-corrected chi connectivity index (χ2v) is 30.5. The average Bonchev–Trinajstić information content (AvgIpc) is 1.07. The van der Waals surface area contributed by atoms with Crippen LogP contribution in [0, 0.1) is 0 Å². The van der Waals surface area contributed by atoms with E-state index in [0.29, 0.717) is 17.4 Å². The zero-order valence-electron chi connectivity index (χ0n) is 65.9. The Balaban J connectivity index is 4.00. The second-order valence-electron chi connectivity index (χ2n) is 29.1. The Hall–Kier alpha value is -3.85. The SMILES string of the molecule is CC/C=C\C/C=C\C/C=C\C/C=C\C/C=C\C/C=C\C/C=C\C/C=C\C/C=C\C/C=C\CCCCCCCCCCC(=O)OC(COC(=O)CCCCCCCCCCCCCCCCCCCCCCCCCCC/C=C\CCCCCCCCCC)COP(=O)([O-])OCC[N+](C)(C)C. The number of phosphoric ester groups is 1. The first kappa shape index (κ1) is 96.2. The molecule has 2 atom stereocenters. The molecule has 0 saturated heterocycles. The van der Waals surface area contributed by atoms with Crippen LogP contribution in [0.4, 0.5) is 0 Å². The molecule has 0 fully saturated rings. The number of likely N-dealkylation sites (N-methyl/N-ethyl adjacent to an activating group) is 1. The van der Waals surface area contributed by atoms with Crippen LogP contribution in [-0.2, 0) is 32.7 Å². The van der Waals surface area contributed by atoms with E-state index >= 15 is 0 Å². The van der Waals surface area contributed by atoms with Crippen molar-refractivity contribution in [3.63, 3.8) is 0 Å². The van der Waals surface area contributed by atoms with Crippen LogP contribution in [0.1, 0.15) is 373 Å². The zero-order valence-corrected chi connectivity index (χ0v) is 66.8. The number of ether oxygens (including phenoxy) is 2. The first-order chi connectivity index (χ1) is 49.0. The minimum absolute atomic E-state index is 0.0368. The molecule has 0 spiro atoms. The molecule has 0 aliphatic heterocycles. The molecular formula is C90H158NO8P. The highest BCUT2D eigenvalue weighted by atomic mass is 31.2. The lowest BCUT2D eigenvalue weighted by atomic mass is 10.0. The van der Waals surface area contributed by atoms with E-state index in [4.69, 9.17) is 18.5 Å². The van der Waals surface area contributed by atoms with Gasteiger partial charge < -0.3 is 27.9 Å². The highest BCUT2D eigenvalue weighted by Gasteiger charge is 2.22. The van der Waals surface area contributed by atoms with Crippen molar-refractivity contribution in [2.45, 2.75) is 380 Å². The summed E-state index contributed by atoms with van der Waals surface area (Å²) in [5.74, 6) is -0.835. The maximum absolute atomic E-state index is 12.9. The molecule has 100 heavy (non-hydrogen) atoms. The van der Waals surface area contributed by atoms with Crippen LogP contribution in [0.2, 0.25) is 0 Å². The van der Waals surface area contributed by atoms with Crippen molar-refractivity contribution >= 4 is 19.8 Å². The molecule has 576 valence electrons. The van der Waals surface area contributed by atoms with Crippen LogP contribution < -0.4 is 4.89 Å². The summed E-state index contributed by atoms with van der Waals surface area (Å²) in [6, 6.07) is 0. The molecule has 0 N–H and O–H groups in total. The molecular weight excluding hydrogens is 1250 g/mol.